The molecule has 4 saturated carbocycles. The molecule has 0 radical (unpaired) electrons. The molecule has 252 valence electrons. The second kappa shape index (κ2) is 11.2. The van der Waals surface area contributed by atoms with Crippen molar-refractivity contribution in [2.45, 2.75) is 106 Å². The third-order valence-electron chi connectivity index (χ3n) is 14.8. The Morgan fingerprint density at radius 3 is 2.47 bits per heavy atom. The molecule has 2 aromatic rings. The van der Waals surface area contributed by atoms with Gasteiger partial charge in [-0.25, -0.2) is 4.98 Å². The minimum Gasteiger partial charge on any atom is -0.460 e. The fraction of sp³-hybridized carbons (Fsp3) is 0.634. The normalized spacial score (nSPS) is 41.6. The SMILES string of the molecule is CC1(C)CC[C@]2(C(=O)OCc3ccccc3)CC[C@]3(C)C(=CC[C@@H]4[C@@]5(C)C/C(=C/c6cscn6)C(=O)[C@@](C)(CO)[C@@H]5CC[C@]43C)[C@@H]2C1. The third-order valence-corrected chi connectivity index (χ3v) is 15.4. The van der Waals surface area contributed by atoms with Crippen molar-refractivity contribution in [3.05, 3.63) is 69.7 Å². The topological polar surface area (TPSA) is 76.5 Å². The summed E-state index contributed by atoms with van der Waals surface area (Å²) in [5, 5.41) is 12.9. The first kappa shape index (κ1) is 33.0. The lowest BCUT2D eigenvalue weighted by Gasteiger charge is -2.70. The maximum atomic E-state index is 14.3. The summed E-state index contributed by atoms with van der Waals surface area (Å²) in [6.45, 7) is 14.4. The molecule has 5 aliphatic carbocycles. The van der Waals surface area contributed by atoms with Gasteiger partial charge >= 0.3 is 5.97 Å². The molecule has 47 heavy (non-hydrogen) atoms. The van der Waals surface area contributed by atoms with E-state index in [0.29, 0.717) is 12.5 Å². The number of allylic oxidation sites excluding steroid dienone is 3. The second-order valence-electron chi connectivity index (χ2n) is 17.6. The summed E-state index contributed by atoms with van der Waals surface area (Å²) in [5.74, 6) is 0.732. The monoisotopic (exact) mass is 655 g/mol. The quantitative estimate of drug-likeness (QED) is 0.197. The number of carbonyl (C=O) groups is 2. The number of aliphatic hydroxyl groups excluding tert-OH is 1. The van der Waals surface area contributed by atoms with Crippen molar-refractivity contribution < 1.29 is 19.4 Å². The smallest absolute Gasteiger partial charge is 0.313 e. The summed E-state index contributed by atoms with van der Waals surface area (Å²) in [4.78, 5) is 32.9. The van der Waals surface area contributed by atoms with Gasteiger partial charge in [-0.05, 0) is 121 Å². The van der Waals surface area contributed by atoms with Gasteiger partial charge in [0, 0.05) is 5.38 Å². The zero-order chi connectivity index (χ0) is 33.5. The highest BCUT2D eigenvalue weighted by Crippen LogP contribution is 2.76. The van der Waals surface area contributed by atoms with Crippen LogP contribution >= 0.6 is 11.3 Å². The highest BCUT2D eigenvalue weighted by atomic mass is 32.1. The molecule has 7 rings (SSSR count). The first-order valence-corrected chi connectivity index (χ1v) is 18.8. The van der Waals surface area contributed by atoms with Crippen molar-refractivity contribution in [1.82, 2.24) is 4.98 Å². The van der Waals surface area contributed by atoms with Gasteiger partial charge < -0.3 is 9.84 Å². The number of fused-ring (bicyclic) bond motifs is 7. The number of nitrogens with zero attached hydrogens (tertiary/aromatic N) is 1. The van der Waals surface area contributed by atoms with Crippen LogP contribution in [0.5, 0.6) is 0 Å². The molecule has 6 heteroatoms. The van der Waals surface area contributed by atoms with Crippen LogP contribution < -0.4 is 0 Å². The maximum absolute atomic E-state index is 14.3. The predicted molar refractivity (Wildman–Crippen MR) is 187 cm³/mol. The molecule has 1 aromatic carbocycles. The molecule has 1 heterocycles. The van der Waals surface area contributed by atoms with E-state index in [2.05, 4.69) is 45.7 Å². The molecule has 1 aromatic heterocycles. The van der Waals surface area contributed by atoms with E-state index in [-0.39, 0.29) is 51.9 Å². The van der Waals surface area contributed by atoms with Crippen LogP contribution in [0.2, 0.25) is 0 Å². The fourth-order valence-corrected chi connectivity index (χ4v) is 12.4. The summed E-state index contributed by atoms with van der Waals surface area (Å²) in [7, 11) is 0. The molecule has 5 nitrogen and oxygen atoms in total. The molecule has 0 unspecified atom stereocenters. The lowest BCUT2D eigenvalue weighted by Crippen LogP contribution is -2.65. The second-order valence-corrected chi connectivity index (χ2v) is 18.3. The van der Waals surface area contributed by atoms with Gasteiger partial charge in [0.15, 0.2) is 5.78 Å². The van der Waals surface area contributed by atoms with Gasteiger partial charge in [-0.1, -0.05) is 76.6 Å². The number of ether oxygens (including phenoxy) is 1. The van der Waals surface area contributed by atoms with E-state index in [4.69, 9.17) is 4.74 Å². The van der Waals surface area contributed by atoms with Crippen LogP contribution in [-0.4, -0.2) is 28.4 Å². The van der Waals surface area contributed by atoms with Crippen LogP contribution in [0.3, 0.4) is 0 Å². The van der Waals surface area contributed by atoms with Crippen molar-refractivity contribution in [3.8, 4) is 0 Å². The number of ketones is 1. The molecule has 1 N–H and O–H groups in total. The van der Waals surface area contributed by atoms with Gasteiger partial charge in [-0.2, -0.15) is 0 Å². The summed E-state index contributed by atoms with van der Waals surface area (Å²) >= 11 is 1.54. The zero-order valence-electron chi connectivity index (χ0n) is 29.2. The van der Waals surface area contributed by atoms with E-state index in [1.54, 1.807) is 11.3 Å². The van der Waals surface area contributed by atoms with Crippen molar-refractivity contribution in [3.63, 3.8) is 0 Å². The average Bonchev–Trinajstić information content (AvgIpc) is 3.56. The number of hydrogen-bond donors (Lipinski definition) is 1. The van der Waals surface area contributed by atoms with E-state index >= 15 is 0 Å². The van der Waals surface area contributed by atoms with E-state index in [1.807, 2.05) is 54.2 Å². The Morgan fingerprint density at radius 2 is 1.77 bits per heavy atom. The lowest BCUT2D eigenvalue weighted by atomic mass is 9.33. The predicted octanol–water partition coefficient (Wildman–Crippen LogP) is 9.22. The highest BCUT2D eigenvalue weighted by Gasteiger charge is 2.70. The Labute approximate surface area is 285 Å². The van der Waals surface area contributed by atoms with Crippen molar-refractivity contribution in [2.75, 3.05) is 6.61 Å². The average molecular weight is 656 g/mol. The van der Waals surface area contributed by atoms with Gasteiger partial charge in [0.25, 0.3) is 0 Å². The Hall–Kier alpha value is -2.57. The first-order chi connectivity index (χ1) is 22.2. The van der Waals surface area contributed by atoms with Crippen LogP contribution in [0, 0.1) is 50.2 Å². The van der Waals surface area contributed by atoms with Crippen LogP contribution in [-0.2, 0) is 20.9 Å². The summed E-state index contributed by atoms with van der Waals surface area (Å²) in [5.41, 5.74) is 4.68. The number of rotatable bonds is 5. The number of Topliss-reactive ketones (excluding diaryl/α,β-unsaturated/α-hetero) is 1. The number of aromatic nitrogens is 1. The summed E-state index contributed by atoms with van der Waals surface area (Å²) < 4.78 is 6.19. The zero-order valence-corrected chi connectivity index (χ0v) is 30.1. The highest BCUT2D eigenvalue weighted by molar-refractivity contribution is 7.07. The molecule has 0 aliphatic heterocycles. The van der Waals surface area contributed by atoms with Crippen molar-refractivity contribution >= 4 is 29.2 Å². The summed E-state index contributed by atoms with van der Waals surface area (Å²) in [6, 6.07) is 10.1. The minimum absolute atomic E-state index is 0.00549. The van der Waals surface area contributed by atoms with Gasteiger partial charge in [0.2, 0.25) is 0 Å². The molecular weight excluding hydrogens is 603 g/mol. The molecule has 0 saturated heterocycles. The molecule has 4 fully saturated rings. The molecule has 0 spiro atoms. The van der Waals surface area contributed by atoms with Crippen molar-refractivity contribution in [1.29, 1.82) is 0 Å². The minimum atomic E-state index is -0.807. The van der Waals surface area contributed by atoms with E-state index in [9.17, 15) is 14.7 Å². The Kier molecular flexibility index (Phi) is 7.88. The molecule has 0 bridgehead atoms. The number of hydrogen-bond acceptors (Lipinski definition) is 6. The van der Waals surface area contributed by atoms with Gasteiger partial charge in [0.05, 0.1) is 28.6 Å². The third kappa shape index (κ3) is 4.81. The molecule has 8 atom stereocenters. The van der Waals surface area contributed by atoms with Gasteiger partial charge in [-0.3, -0.25) is 9.59 Å². The van der Waals surface area contributed by atoms with E-state index in [0.717, 1.165) is 74.6 Å². The van der Waals surface area contributed by atoms with Crippen LogP contribution in [0.1, 0.15) is 111 Å². The number of carbonyl (C=O) groups excluding carboxylic acids is 2. The Balaban J connectivity index is 1.27. The standard InChI is InChI=1S/C41H53NO4S/c1-36(2)16-18-41(35(45)46-23-27-10-8-7-9-11-27)19-17-39(5)30(31(41)22-36)12-13-33-37(3)21-28(20-29-24-47-26-42-29)34(44)38(4,25-43)32(37)14-15-40(33,39)6/h7-12,20,24,26,31-33,43H,13-19,21-23,25H2,1-6H3/b28-20-/t31-,32+,33+,37-,38-,39+,40+,41-/m0/s1. The van der Waals surface area contributed by atoms with Gasteiger partial charge in [-0.15, -0.1) is 11.3 Å². The summed E-state index contributed by atoms with van der Waals surface area (Å²) in [6.07, 6.45) is 12.9. The molecule has 0 amide bonds. The number of thiazole rings is 1. The number of esters is 1. The fourth-order valence-electron chi connectivity index (χ4n) is 11.9. The van der Waals surface area contributed by atoms with Crippen molar-refractivity contribution in [2.24, 2.45) is 50.2 Å². The van der Waals surface area contributed by atoms with E-state index in [1.165, 1.54) is 5.57 Å². The van der Waals surface area contributed by atoms with Crippen LogP contribution in [0.25, 0.3) is 6.08 Å². The Bertz CT molecular complexity index is 1610. The molecular formula is C41H53NO4S. The van der Waals surface area contributed by atoms with Crippen LogP contribution in [0.15, 0.2) is 58.4 Å². The first-order valence-electron chi connectivity index (χ1n) is 17.9. The lowest BCUT2D eigenvalue weighted by molar-refractivity contribution is -0.191. The van der Waals surface area contributed by atoms with Gasteiger partial charge in [0.1, 0.15) is 6.61 Å². The largest absolute Gasteiger partial charge is 0.460 e. The Morgan fingerprint density at radius 1 is 1.02 bits per heavy atom. The maximum Gasteiger partial charge on any atom is 0.313 e. The van der Waals surface area contributed by atoms with Crippen LogP contribution in [0.4, 0.5) is 0 Å². The number of aliphatic hydroxyl groups is 1. The molecule has 5 aliphatic rings. The number of benzene rings is 1. The van der Waals surface area contributed by atoms with E-state index < -0.39 is 10.8 Å².